The van der Waals surface area contributed by atoms with Crippen LogP contribution in [-0.2, 0) is 6.61 Å². The van der Waals surface area contributed by atoms with Crippen LogP contribution < -0.4 is 16.0 Å². The summed E-state index contributed by atoms with van der Waals surface area (Å²) in [6, 6.07) is 4.46. The maximum absolute atomic E-state index is 13.4. The van der Waals surface area contributed by atoms with Crippen LogP contribution >= 0.6 is 27.5 Å². The predicted molar refractivity (Wildman–Crippen MR) is 66.2 cm³/mol. The molecule has 5 nitrogen and oxygen atoms in total. The zero-order chi connectivity index (χ0) is 12.3. The van der Waals surface area contributed by atoms with Crippen molar-refractivity contribution in [3.63, 3.8) is 0 Å². The number of nitrogen functional groups attached to an aromatic ring is 1. The number of nitrogens with two attached hydrogens (primary N) is 1. The first-order chi connectivity index (χ1) is 8.20. The van der Waals surface area contributed by atoms with Gasteiger partial charge in [0.2, 0.25) is 0 Å². The van der Waals surface area contributed by atoms with Crippen molar-refractivity contribution < 1.29 is 9.13 Å². The van der Waals surface area contributed by atoms with Crippen molar-refractivity contribution in [3.8, 4) is 5.75 Å². The van der Waals surface area contributed by atoms with Crippen molar-refractivity contribution in [2.75, 3.05) is 5.43 Å². The standard InChI is InChI=1S/C9H8BrFN4OS/c10-5-1-2-6(11)8(3-5)16-4-7-9(13-12)17-15-14-7/h1-3,13H,4,12H2. The van der Waals surface area contributed by atoms with Crippen molar-refractivity contribution in [2.24, 2.45) is 5.84 Å². The van der Waals surface area contributed by atoms with Gasteiger partial charge in [0, 0.05) is 16.0 Å². The Morgan fingerprint density at radius 1 is 1.53 bits per heavy atom. The first kappa shape index (κ1) is 12.2. The number of hydrazine groups is 1. The van der Waals surface area contributed by atoms with E-state index in [1.54, 1.807) is 12.1 Å². The molecular formula is C9H8BrFN4OS. The second kappa shape index (κ2) is 5.39. The molecule has 1 heterocycles. The largest absolute Gasteiger partial charge is 0.484 e. The molecule has 8 heteroatoms. The lowest BCUT2D eigenvalue weighted by atomic mass is 10.3. The fourth-order valence-electron chi connectivity index (χ4n) is 1.15. The van der Waals surface area contributed by atoms with Crippen LogP contribution in [-0.4, -0.2) is 9.59 Å². The second-order valence-corrected chi connectivity index (χ2v) is 4.73. The molecule has 0 aliphatic heterocycles. The van der Waals surface area contributed by atoms with Crippen LogP contribution in [0, 0.1) is 5.82 Å². The summed E-state index contributed by atoms with van der Waals surface area (Å²) in [5.74, 6) is 4.98. The summed E-state index contributed by atoms with van der Waals surface area (Å²) in [7, 11) is 0. The van der Waals surface area contributed by atoms with Crippen LogP contribution in [0.25, 0.3) is 0 Å². The highest BCUT2D eigenvalue weighted by Gasteiger charge is 2.09. The van der Waals surface area contributed by atoms with Gasteiger partial charge in [-0.2, -0.15) is 0 Å². The van der Waals surface area contributed by atoms with Crippen molar-refractivity contribution in [2.45, 2.75) is 6.61 Å². The van der Waals surface area contributed by atoms with Gasteiger partial charge < -0.3 is 10.2 Å². The van der Waals surface area contributed by atoms with E-state index in [0.717, 1.165) is 16.0 Å². The highest BCUT2D eigenvalue weighted by atomic mass is 79.9. The average Bonchev–Trinajstić information content (AvgIpc) is 2.77. The first-order valence-electron chi connectivity index (χ1n) is 4.56. The van der Waals surface area contributed by atoms with E-state index >= 15 is 0 Å². The van der Waals surface area contributed by atoms with Crippen LogP contribution in [0.3, 0.4) is 0 Å². The Bertz CT molecular complexity index is 521. The molecule has 0 saturated carbocycles. The molecule has 17 heavy (non-hydrogen) atoms. The number of hydrogen-bond acceptors (Lipinski definition) is 6. The van der Waals surface area contributed by atoms with E-state index in [1.165, 1.54) is 6.07 Å². The molecule has 2 aromatic rings. The van der Waals surface area contributed by atoms with Crippen LogP contribution in [0.5, 0.6) is 5.75 Å². The summed E-state index contributed by atoms with van der Waals surface area (Å²) in [4.78, 5) is 0. The Kier molecular flexibility index (Phi) is 3.87. The predicted octanol–water partition coefficient (Wildman–Crippen LogP) is 2.30. The molecule has 0 unspecified atom stereocenters. The molecule has 0 amide bonds. The molecule has 3 N–H and O–H groups in total. The Balaban J connectivity index is 2.09. The molecule has 0 bridgehead atoms. The van der Waals surface area contributed by atoms with Crippen LogP contribution in [0.15, 0.2) is 22.7 Å². The molecule has 1 aromatic heterocycles. The molecule has 0 radical (unpaired) electrons. The molecule has 0 spiro atoms. The zero-order valence-electron chi connectivity index (χ0n) is 8.48. The molecule has 2 rings (SSSR count). The third kappa shape index (κ3) is 2.90. The molecular weight excluding hydrogens is 311 g/mol. The summed E-state index contributed by atoms with van der Waals surface area (Å²) in [6.45, 7) is 0.101. The smallest absolute Gasteiger partial charge is 0.165 e. The minimum Gasteiger partial charge on any atom is -0.484 e. The maximum atomic E-state index is 13.4. The van der Waals surface area contributed by atoms with E-state index in [1.807, 2.05) is 0 Å². The quantitative estimate of drug-likeness (QED) is 0.668. The van der Waals surface area contributed by atoms with E-state index in [0.29, 0.717) is 10.7 Å². The van der Waals surface area contributed by atoms with Crippen LogP contribution in [0.1, 0.15) is 5.69 Å². The Morgan fingerprint density at radius 2 is 2.35 bits per heavy atom. The van der Waals surface area contributed by atoms with Gasteiger partial charge in [-0.25, -0.2) is 10.2 Å². The average molecular weight is 319 g/mol. The number of ether oxygens (including phenoxy) is 1. The van der Waals surface area contributed by atoms with Gasteiger partial charge in [-0.3, -0.25) is 0 Å². The van der Waals surface area contributed by atoms with Crippen molar-refractivity contribution in [1.82, 2.24) is 9.59 Å². The lowest BCUT2D eigenvalue weighted by Crippen LogP contribution is -2.08. The van der Waals surface area contributed by atoms with Gasteiger partial charge in [0.1, 0.15) is 12.3 Å². The fourth-order valence-corrected chi connectivity index (χ4v) is 1.97. The van der Waals surface area contributed by atoms with E-state index in [2.05, 4.69) is 30.9 Å². The number of rotatable bonds is 4. The van der Waals surface area contributed by atoms with Gasteiger partial charge in [0.05, 0.1) is 0 Å². The zero-order valence-corrected chi connectivity index (χ0v) is 10.9. The van der Waals surface area contributed by atoms with E-state index < -0.39 is 5.82 Å². The number of nitrogens with zero attached hydrogens (tertiary/aromatic N) is 2. The highest BCUT2D eigenvalue weighted by molar-refractivity contribution is 9.10. The lowest BCUT2D eigenvalue weighted by molar-refractivity contribution is 0.286. The summed E-state index contributed by atoms with van der Waals surface area (Å²) in [5.41, 5.74) is 2.99. The SMILES string of the molecule is NNc1snnc1COc1cc(Br)ccc1F. The van der Waals surface area contributed by atoms with Crippen molar-refractivity contribution >= 4 is 32.5 Å². The molecule has 0 aliphatic rings. The Morgan fingerprint density at radius 3 is 3.12 bits per heavy atom. The van der Waals surface area contributed by atoms with Gasteiger partial charge in [-0.15, -0.1) is 5.10 Å². The van der Waals surface area contributed by atoms with Gasteiger partial charge in [-0.05, 0) is 18.2 Å². The number of aromatic nitrogens is 2. The summed E-state index contributed by atoms with van der Waals surface area (Å²) in [6.07, 6.45) is 0. The third-order valence-corrected chi connectivity index (χ3v) is 3.14. The van der Waals surface area contributed by atoms with E-state index in [9.17, 15) is 4.39 Å². The van der Waals surface area contributed by atoms with E-state index in [-0.39, 0.29) is 12.4 Å². The van der Waals surface area contributed by atoms with Crippen LogP contribution in [0.4, 0.5) is 9.39 Å². The van der Waals surface area contributed by atoms with Gasteiger partial charge >= 0.3 is 0 Å². The normalized spacial score (nSPS) is 10.3. The summed E-state index contributed by atoms with van der Waals surface area (Å²) < 4.78 is 23.1. The molecule has 0 aliphatic carbocycles. The Labute approximate surface area is 109 Å². The van der Waals surface area contributed by atoms with Crippen molar-refractivity contribution in [3.05, 3.63) is 34.2 Å². The third-order valence-electron chi connectivity index (χ3n) is 1.94. The van der Waals surface area contributed by atoms with Crippen molar-refractivity contribution in [1.29, 1.82) is 0 Å². The number of anilines is 1. The lowest BCUT2D eigenvalue weighted by Gasteiger charge is -2.06. The summed E-state index contributed by atoms with van der Waals surface area (Å²) >= 11 is 4.35. The second-order valence-electron chi connectivity index (χ2n) is 3.06. The van der Waals surface area contributed by atoms with Gasteiger partial charge in [0.15, 0.2) is 16.6 Å². The number of halogens is 2. The van der Waals surface area contributed by atoms with Gasteiger partial charge in [0.25, 0.3) is 0 Å². The molecule has 1 aromatic carbocycles. The minimum atomic E-state index is -0.432. The Hall–Kier alpha value is -1.25. The van der Waals surface area contributed by atoms with Crippen LogP contribution in [0.2, 0.25) is 0 Å². The first-order valence-corrected chi connectivity index (χ1v) is 6.13. The fraction of sp³-hybridized carbons (Fsp3) is 0.111. The monoisotopic (exact) mass is 318 g/mol. The summed E-state index contributed by atoms with van der Waals surface area (Å²) in [5, 5.41) is 4.42. The molecule has 90 valence electrons. The molecule has 0 fully saturated rings. The van der Waals surface area contributed by atoms with E-state index in [4.69, 9.17) is 10.6 Å². The topological polar surface area (TPSA) is 73.1 Å². The molecule has 0 atom stereocenters. The maximum Gasteiger partial charge on any atom is 0.165 e. The number of hydrogen-bond donors (Lipinski definition) is 2. The highest BCUT2D eigenvalue weighted by Crippen LogP contribution is 2.24. The molecule has 0 saturated heterocycles. The number of nitrogens with one attached hydrogen (secondary N) is 1. The minimum absolute atomic E-state index is 0.101. The van der Waals surface area contributed by atoms with Gasteiger partial charge in [-0.1, -0.05) is 20.4 Å². The number of benzene rings is 1.